The van der Waals surface area contributed by atoms with Crippen molar-refractivity contribution in [2.75, 3.05) is 4.90 Å². The van der Waals surface area contributed by atoms with Gasteiger partial charge in [-0.05, 0) is 42.8 Å². The van der Waals surface area contributed by atoms with Gasteiger partial charge >= 0.3 is 0 Å². The van der Waals surface area contributed by atoms with Gasteiger partial charge in [-0.25, -0.2) is 9.88 Å². The lowest BCUT2D eigenvalue weighted by atomic mass is 10.1. The third kappa shape index (κ3) is 2.29. The van der Waals surface area contributed by atoms with E-state index < -0.39 is 0 Å². The predicted octanol–water partition coefficient (Wildman–Crippen LogP) is 4.11. The lowest BCUT2D eigenvalue weighted by molar-refractivity contribution is 0.0926. The molecule has 0 spiro atoms. The largest absolute Gasteiger partial charge is 0.306 e. The Hall–Kier alpha value is -3.73. The van der Waals surface area contributed by atoms with Crippen LogP contribution in [-0.2, 0) is 0 Å². The number of imidazole rings is 1. The molecule has 5 heteroatoms. The van der Waals surface area contributed by atoms with E-state index in [0.29, 0.717) is 16.8 Å². The average Bonchev–Trinajstić information content (AvgIpc) is 3.23. The minimum Gasteiger partial charge on any atom is -0.306 e. The summed E-state index contributed by atoms with van der Waals surface area (Å²) in [6.07, 6.45) is 3.90. The molecule has 5 rings (SSSR count). The number of carbonyl (C=O) groups is 2. The number of benzene rings is 2. The molecule has 130 valence electrons. The van der Waals surface area contributed by atoms with Crippen molar-refractivity contribution in [3.05, 3.63) is 89.7 Å². The van der Waals surface area contributed by atoms with Crippen LogP contribution < -0.4 is 4.90 Å². The van der Waals surface area contributed by atoms with Crippen molar-refractivity contribution < 1.29 is 9.59 Å². The summed E-state index contributed by atoms with van der Waals surface area (Å²) in [5, 5.41) is 0. The van der Waals surface area contributed by atoms with Crippen molar-refractivity contribution >= 4 is 23.1 Å². The summed E-state index contributed by atoms with van der Waals surface area (Å²) in [6.45, 7) is 2.02. The molecule has 2 aromatic carbocycles. The van der Waals surface area contributed by atoms with Crippen LogP contribution in [0.3, 0.4) is 0 Å². The Morgan fingerprint density at radius 3 is 2.30 bits per heavy atom. The highest BCUT2D eigenvalue weighted by molar-refractivity contribution is 6.34. The summed E-state index contributed by atoms with van der Waals surface area (Å²) >= 11 is 0. The number of imide groups is 1. The van der Waals surface area contributed by atoms with E-state index in [9.17, 15) is 9.59 Å². The fourth-order valence-corrected chi connectivity index (χ4v) is 3.52. The maximum atomic E-state index is 12.7. The third-order valence-corrected chi connectivity index (χ3v) is 4.87. The molecule has 2 aromatic heterocycles. The van der Waals surface area contributed by atoms with Gasteiger partial charge in [0.15, 0.2) is 0 Å². The lowest BCUT2D eigenvalue weighted by Crippen LogP contribution is -2.29. The Bertz CT molecular complexity index is 1200. The zero-order chi connectivity index (χ0) is 18.5. The molecule has 27 heavy (non-hydrogen) atoms. The van der Waals surface area contributed by atoms with Gasteiger partial charge < -0.3 is 4.40 Å². The number of hydrogen-bond donors (Lipinski definition) is 0. The molecule has 4 aromatic rings. The minimum atomic E-state index is -0.293. The number of rotatable bonds is 2. The maximum Gasteiger partial charge on any atom is 0.266 e. The summed E-state index contributed by atoms with van der Waals surface area (Å²) in [5.74, 6) is -0.586. The zero-order valence-corrected chi connectivity index (χ0v) is 14.6. The van der Waals surface area contributed by atoms with Crippen LogP contribution in [0.5, 0.6) is 0 Å². The molecule has 2 amide bonds. The number of pyridine rings is 1. The number of hydrogen-bond acceptors (Lipinski definition) is 3. The fourth-order valence-electron chi connectivity index (χ4n) is 3.52. The van der Waals surface area contributed by atoms with Crippen molar-refractivity contribution in [3.8, 4) is 11.3 Å². The second-order valence-corrected chi connectivity index (χ2v) is 6.59. The quantitative estimate of drug-likeness (QED) is 0.510. The van der Waals surface area contributed by atoms with E-state index in [2.05, 4.69) is 0 Å². The number of fused-ring (bicyclic) bond motifs is 2. The van der Waals surface area contributed by atoms with Gasteiger partial charge in [0.1, 0.15) is 5.65 Å². The van der Waals surface area contributed by atoms with E-state index in [1.54, 1.807) is 30.3 Å². The Kier molecular flexibility index (Phi) is 3.24. The molecule has 0 atom stereocenters. The van der Waals surface area contributed by atoms with Gasteiger partial charge in [0, 0.05) is 18.0 Å². The number of aromatic nitrogens is 2. The number of anilines is 1. The topological polar surface area (TPSA) is 54.7 Å². The molecular weight excluding hydrogens is 338 g/mol. The van der Waals surface area contributed by atoms with Crippen molar-refractivity contribution in [2.45, 2.75) is 6.92 Å². The highest BCUT2D eigenvalue weighted by atomic mass is 16.2. The van der Waals surface area contributed by atoms with Crippen LogP contribution in [-0.4, -0.2) is 21.2 Å². The zero-order valence-electron chi connectivity index (χ0n) is 14.6. The van der Waals surface area contributed by atoms with E-state index in [4.69, 9.17) is 4.98 Å². The molecule has 0 N–H and O–H groups in total. The first-order valence-corrected chi connectivity index (χ1v) is 8.66. The third-order valence-electron chi connectivity index (χ3n) is 4.87. The van der Waals surface area contributed by atoms with Crippen LogP contribution in [0.15, 0.2) is 73.1 Å². The van der Waals surface area contributed by atoms with Gasteiger partial charge in [-0.1, -0.05) is 30.3 Å². The van der Waals surface area contributed by atoms with Crippen LogP contribution in [0, 0.1) is 6.92 Å². The summed E-state index contributed by atoms with van der Waals surface area (Å²) < 4.78 is 1.97. The van der Waals surface area contributed by atoms with E-state index in [1.165, 1.54) is 4.90 Å². The van der Waals surface area contributed by atoms with Gasteiger partial charge in [0.25, 0.3) is 11.8 Å². The van der Waals surface area contributed by atoms with Crippen LogP contribution in [0.25, 0.3) is 16.9 Å². The number of aryl methyl sites for hydroxylation is 1. The summed E-state index contributed by atoms with van der Waals surface area (Å²) in [7, 11) is 0. The van der Waals surface area contributed by atoms with E-state index in [-0.39, 0.29) is 11.8 Å². The molecule has 0 radical (unpaired) electrons. The van der Waals surface area contributed by atoms with E-state index in [1.807, 2.05) is 54.0 Å². The van der Waals surface area contributed by atoms with Crippen molar-refractivity contribution in [2.24, 2.45) is 0 Å². The van der Waals surface area contributed by atoms with Crippen molar-refractivity contribution in [1.82, 2.24) is 9.38 Å². The molecule has 0 saturated heterocycles. The Morgan fingerprint density at radius 2 is 1.59 bits per heavy atom. The fraction of sp³-hybridized carbons (Fsp3) is 0.0455. The first kappa shape index (κ1) is 15.5. The Morgan fingerprint density at radius 1 is 0.852 bits per heavy atom. The molecule has 5 nitrogen and oxygen atoms in total. The van der Waals surface area contributed by atoms with Crippen LogP contribution in [0.2, 0.25) is 0 Å². The average molecular weight is 353 g/mol. The maximum absolute atomic E-state index is 12.7. The van der Waals surface area contributed by atoms with E-state index >= 15 is 0 Å². The molecule has 0 unspecified atom stereocenters. The molecule has 0 bridgehead atoms. The van der Waals surface area contributed by atoms with E-state index in [0.717, 1.165) is 22.5 Å². The van der Waals surface area contributed by atoms with Crippen molar-refractivity contribution in [1.29, 1.82) is 0 Å². The molecule has 0 saturated carbocycles. The van der Waals surface area contributed by atoms with Crippen LogP contribution >= 0.6 is 0 Å². The van der Waals surface area contributed by atoms with Gasteiger partial charge in [-0.2, -0.15) is 0 Å². The number of carbonyl (C=O) groups excluding carboxylic acids is 2. The van der Waals surface area contributed by atoms with Crippen LogP contribution in [0.1, 0.15) is 26.3 Å². The molecular formula is C22H15N3O2. The molecule has 1 aliphatic rings. The predicted molar refractivity (Wildman–Crippen MR) is 103 cm³/mol. The summed E-state index contributed by atoms with van der Waals surface area (Å²) in [4.78, 5) is 31.4. The Balaban J connectivity index is 1.59. The molecule has 1 aliphatic heterocycles. The summed E-state index contributed by atoms with van der Waals surface area (Å²) in [6, 6.07) is 18.3. The van der Waals surface area contributed by atoms with Crippen molar-refractivity contribution in [3.63, 3.8) is 0 Å². The van der Waals surface area contributed by atoms with Gasteiger partial charge in [-0.15, -0.1) is 0 Å². The number of nitrogens with zero attached hydrogens (tertiary/aromatic N) is 3. The van der Waals surface area contributed by atoms with Gasteiger partial charge in [0.05, 0.1) is 22.5 Å². The first-order chi connectivity index (χ1) is 13.1. The second kappa shape index (κ2) is 5.64. The standard InChI is InChI=1S/C22H15N3O2/c1-14-6-5-11-24-13-19(23-20(14)24)15-7-4-8-16(12-15)25-21(26)17-9-2-3-10-18(17)22(25)27/h2-13H,1H3. The monoisotopic (exact) mass is 353 g/mol. The minimum absolute atomic E-state index is 0.293. The highest BCUT2D eigenvalue weighted by Gasteiger charge is 2.36. The number of amides is 2. The normalized spacial score (nSPS) is 13.4. The van der Waals surface area contributed by atoms with Gasteiger partial charge in [-0.3, -0.25) is 9.59 Å². The lowest BCUT2D eigenvalue weighted by Gasteiger charge is -2.14. The molecule has 0 aliphatic carbocycles. The molecule has 3 heterocycles. The van der Waals surface area contributed by atoms with Crippen LogP contribution in [0.4, 0.5) is 5.69 Å². The molecule has 0 fully saturated rings. The Labute approximate surface area is 155 Å². The highest BCUT2D eigenvalue weighted by Crippen LogP contribution is 2.31. The van der Waals surface area contributed by atoms with Gasteiger partial charge in [0.2, 0.25) is 0 Å². The smallest absolute Gasteiger partial charge is 0.266 e. The second-order valence-electron chi connectivity index (χ2n) is 6.59. The SMILES string of the molecule is Cc1cccn2cc(-c3cccc(N4C(=O)c5ccccc5C4=O)c3)nc12. The first-order valence-electron chi connectivity index (χ1n) is 8.66. The summed E-state index contributed by atoms with van der Waals surface area (Å²) in [5.41, 5.74) is 5.05.